The highest BCUT2D eigenvalue weighted by Gasteiger charge is 2.21. The number of carbonyl (C=O) groups is 2. The standard InChI is InChI=1S/C36H41N3O6/c1-3-45-34-10-5-4-9-31(34)39(22-25-11-13-28(14-12-25)36(37)44)35(43)19-27-8-6-7-26(18-27)17-24(2)38-21-33(42)29-15-16-32(41)30(20-29)23-40/h4-16,18,20,24,33,38,40-42H,3,17,19,21-23H2,1-2H3,(H2,37,44)/t24-,33+/m1/s1. The quantitative estimate of drug-likeness (QED) is 0.134. The van der Waals surface area contributed by atoms with Crippen molar-refractivity contribution in [3.63, 3.8) is 0 Å². The molecule has 0 saturated heterocycles. The first-order valence-corrected chi connectivity index (χ1v) is 15.0. The monoisotopic (exact) mass is 611 g/mol. The van der Waals surface area contributed by atoms with E-state index >= 15 is 0 Å². The van der Waals surface area contributed by atoms with Crippen LogP contribution in [-0.4, -0.2) is 46.3 Å². The maximum absolute atomic E-state index is 13.9. The van der Waals surface area contributed by atoms with E-state index in [1.165, 1.54) is 6.07 Å². The molecule has 0 fully saturated rings. The second kappa shape index (κ2) is 15.9. The third-order valence-corrected chi connectivity index (χ3v) is 7.54. The van der Waals surface area contributed by atoms with Gasteiger partial charge in [0.2, 0.25) is 11.8 Å². The van der Waals surface area contributed by atoms with E-state index in [9.17, 15) is 24.9 Å². The highest BCUT2D eigenvalue weighted by molar-refractivity contribution is 5.96. The fraction of sp³-hybridized carbons (Fsp3) is 0.278. The number of aliphatic hydroxyl groups is 2. The molecule has 4 rings (SSSR count). The van der Waals surface area contributed by atoms with Crippen molar-refractivity contribution in [1.29, 1.82) is 0 Å². The number of nitrogens with zero attached hydrogens (tertiary/aromatic N) is 1. The average Bonchev–Trinajstić information content (AvgIpc) is 3.03. The summed E-state index contributed by atoms with van der Waals surface area (Å²) in [5, 5.41) is 33.2. The Hall–Kier alpha value is -4.70. The number of anilines is 1. The van der Waals surface area contributed by atoms with Crippen molar-refractivity contribution in [3.8, 4) is 11.5 Å². The van der Waals surface area contributed by atoms with E-state index in [0.29, 0.717) is 47.7 Å². The van der Waals surface area contributed by atoms with Gasteiger partial charge < -0.3 is 36.0 Å². The number of primary amides is 1. The van der Waals surface area contributed by atoms with Gasteiger partial charge in [-0.2, -0.15) is 0 Å². The van der Waals surface area contributed by atoms with Crippen molar-refractivity contribution in [2.24, 2.45) is 5.73 Å². The Morgan fingerprint density at radius 2 is 1.67 bits per heavy atom. The van der Waals surface area contributed by atoms with Crippen LogP contribution in [0, 0.1) is 0 Å². The van der Waals surface area contributed by atoms with Gasteiger partial charge in [-0.3, -0.25) is 9.59 Å². The Kier molecular flexibility index (Phi) is 11.7. The van der Waals surface area contributed by atoms with E-state index in [4.69, 9.17) is 10.5 Å². The molecule has 9 nitrogen and oxygen atoms in total. The molecule has 0 aliphatic heterocycles. The van der Waals surface area contributed by atoms with Crippen molar-refractivity contribution < 1.29 is 29.6 Å². The summed E-state index contributed by atoms with van der Waals surface area (Å²) in [7, 11) is 0. The maximum Gasteiger partial charge on any atom is 0.248 e. The van der Waals surface area contributed by atoms with Crippen molar-refractivity contribution in [2.45, 2.75) is 52.0 Å². The molecule has 0 saturated carbocycles. The predicted octanol–water partition coefficient (Wildman–Crippen LogP) is 4.41. The number of nitrogens with two attached hydrogens (primary N) is 1. The largest absolute Gasteiger partial charge is 0.508 e. The van der Waals surface area contributed by atoms with E-state index in [1.54, 1.807) is 41.3 Å². The molecule has 0 bridgehead atoms. The van der Waals surface area contributed by atoms with Gasteiger partial charge in [0.05, 0.1) is 38.0 Å². The van der Waals surface area contributed by atoms with Gasteiger partial charge in [-0.25, -0.2) is 0 Å². The SMILES string of the molecule is CCOc1ccccc1N(Cc1ccc(C(N)=O)cc1)C(=O)Cc1cccc(C[C@@H](C)NC[C@H](O)c2ccc(O)c(CO)c2)c1. The molecular formula is C36H41N3O6. The second-order valence-electron chi connectivity index (χ2n) is 11.0. The molecule has 0 aliphatic rings. The second-order valence-corrected chi connectivity index (χ2v) is 11.0. The highest BCUT2D eigenvalue weighted by Crippen LogP contribution is 2.30. The number of rotatable bonds is 15. The third kappa shape index (κ3) is 9.15. The lowest BCUT2D eigenvalue weighted by Crippen LogP contribution is -2.32. The summed E-state index contributed by atoms with van der Waals surface area (Å²) in [5.41, 5.74) is 10.2. The maximum atomic E-state index is 13.9. The summed E-state index contributed by atoms with van der Waals surface area (Å²) in [5.74, 6) is -0.0130. The summed E-state index contributed by atoms with van der Waals surface area (Å²) in [4.78, 5) is 27.1. The number of phenols is 1. The molecule has 4 aromatic rings. The first kappa shape index (κ1) is 33.2. The molecule has 2 amide bonds. The van der Waals surface area contributed by atoms with Crippen LogP contribution in [0.25, 0.3) is 0 Å². The lowest BCUT2D eigenvalue weighted by molar-refractivity contribution is -0.118. The van der Waals surface area contributed by atoms with Crippen LogP contribution in [0.4, 0.5) is 5.69 Å². The van der Waals surface area contributed by atoms with E-state index in [2.05, 4.69) is 5.32 Å². The number of ether oxygens (including phenoxy) is 1. The van der Waals surface area contributed by atoms with Gasteiger partial charge in [0.25, 0.3) is 0 Å². The molecule has 0 heterocycles. The number of aliphatic hydroxyl groups excluding tert-OH is 2. The third-order valence-electron chi connectivity index (χ3n) is 7.54. The summed E-state index contributed by atoms with van der Waals surface area (Å²) < 4.78 is 5.85. The minimum Gasteiger partial charge on any atom is -0.508 e. The Bertz CT molecular complexity index is 1590. The Morgan fingerprint density at radius 1 is 0.933 bits per heavy atom. The van der Waals surface area contributed by atoms with Crippen LogP contribution in [-0.2, 0) is 30.8 Å². The average molecular weight is 612 g/mol. The smallest absolute Gasteiger partial charge is 0.248 e. The number of hydrogen-bond donors (Lipinski definition) is 5. The van der Waals surface area contributed by atoms with E-state index in [0.717, 1.165) is 16.7 Å². The summed E-state index contributed by atoms with van der Waals surface area (Å²) in [6.07, 6.45) is 0.0391. The zero-order chi connectivity index (χ0) is 32.3. The Labute approximate surface area is 263 Å². The number of nitrogens with one attached hydrogen (secondary N) is 1. The van der Waals surface area contributed by atoms with Crippen molar-refractivity contribution in [3.05, 3.63) is 124 Å². The molecule has 0 unspecified atom stereocenters. The minimum absolute atomic E-state index is 0.00591. The number of hydrogen-bond acceptors (Lipinski definition) is 7. The molecule has 0 radical (unpaired) electrons. The number of para-hydroxylation sites is 2. The van der Waals surface area contributed by atoms with Crippen LogP contribution < -0.4 is 20.7 Å². The molecule has 6 N–H and O–H groups in total. The van der Waals surface area contributed by atoms with E-state index < -0.39 is 12.0 Å². The molecule has 0 spiro atoms. The zero-order valence-electron chi connectivity index (χ0n) is 25.6. The van der Waals surface area contributed by atoms with E-state index in [-0.39, 0.29) is 37.3 Å². The number of benzene rings is 4. The van der Waals surface area contributed by atoms with Crippen LogP contribution in [0.2, 0.25) is 0 Å². The summed E-state index contributed by atoms with van der Waals surface area (Å²) >= 11 is 0. The number of aromatic hydroxyl groups is 1. The van der Waals surface area contributed by atoms with Crippen LogP contribution in [0.5, 0.6) is 11.5 Å². The lowest BCUT2D eigenvalue weighted by Gasteiger charge is -2.25. The van der Waals surface area contributed by atoms with Crippen LogP contribution in [0.1, 0.15) is 58.1 Å². The van der Waals surface area contributed by atoms with E-state index in [1.807, 2.05) is 62.4 Å². The predicted molar refractivity (Wildman–Crippen MR) is 174 cm³/mol. The molecule has 4 aromatic carbocycles. The van der Waals surface area contributed by atoms with Gasteiger partial charge in [-0.05, 0) is 78.9 Å². The Morgan fingerprint density at radius 3 is 2.38 bits per heavy atom. The lowest BCUT2D eigenvalue weighted by atomic mass is 10.0. The van der Waals surface area contributed by atoms with Crippen molar-refractivity contribution in [2.75, 3.05) is 18.1 Å². The van der Waals surface area contributed by atoms with Crippen LogP contribution in [0.3, 0.4) is 0 Å². The minimum atomic E-state index is -0.806. The zero-order valence-corrected chi connectivity index (χ0v) is 25.6. The van der Waals surface area contributed by atoms with Gasteiger partial charge in [0.1, 0.15) is 11.5 Å². The molecule has 0 aromatic heterocycles. The Balaban J connectivity index is 1.45. The first-order valence-electron chi connectivity index (χ1n) is 15.0. The molecule has 45 heavy (non-hydrogen) atoms. The van der Waals surface area contributed by atoms with Gasteiger partial charge in [-0.1, -0.05) is 54.6 Å². The molecule has 0 aliphatic carbocycles. The van der Waals surface area contributed by atoms with Crippen LogP contribution in [0.15, 0.2) is 91.0 Å². The normalized spacial score (nSPS) is 12.4. The molecule has 236 valence electrons. The van der Waals surface area contributed by atoms with Gasteiger partial charge in [0, 0.05) is 23.7 Å². The highest BCUT2D eigenvalue weighted by atomic mass is 16.5. The molecule has 2 atom stereocenters. The fourth-order valence-corrected chi connectivity index (χ4v) is 5.15. The van der Waals surface area contributed by atoms with Gasteiger partial charge >= 0.3 is 0 Å². The summed E-state index contributed by atoms with van der Waals surface area (Å²) in [6.45, 7) is 4.64. The van der Waals surface area contributed by atoms with Crippen molar-refractivity contribution in [1.82, 2.24) is 5.32 Å². The topological polar surface area (TPSA) is 145 Å². The molecular weight excluding hydrogens is 570 g/mol. The molecule has 9 heteroatoms. The fourth-order valence-electron chi connectivity index (χ4n) is 5.15. The van der Waals surface area contributed by atoms with Gasteiger partial charge in [-0.15, -0.1) is 0 Å². The van der Waals surface area contributed by atoms with Crippen LogP contribution >= 0.6 is 0 Å². The number of amides is 2. The van der Waals surface area contributed by atoms with Gasteiger partial charge in [0.15, 0.2) is 0 Å². The van der Waals surface area contributed by atoms with Crippen molar-refractivity contribution >= 4 is 17.5 Å². The first-order chi connectivity index (χ1) is 21.7. The summed E-state index contributed by atoms with van der Waals surface area (Å²) in [6, 6.07) is 27.0. The number of carbonyl (C=O) groups excluding carboxylic acids is 2.